The number of halogens is 1. The van der Waals surface area contributed by atoms with Crippen LogP contribution in [0.15, 0.2) is 78.5 Å². The fourth-order valence-corrected chi connectivity index (χ4v) is 3.09. The van der Waals surface area contributed by atoms with E-state index < -0.39 is 4.92 Å². The Balaban J connectivity index is 1.72. The van der Waals surface area contributed by atoms with E-state index in [9.17, 15) is 14.5 Å². The highest BCUT2D eigenvalue weighted by atomic mass is 19.1. The fraction of sp³-hybridized carbons (Fsp3) is 0.160. The van der Waals surface area contributed by atoms with Crippen molar-refractivity contribution in [1.29, 1.82) is 0 Å². The minimum Gasteiger partial charge on any atom is -0.493 e. The van der Waals surface area contributed by atoms with Gasteiger partial charge >= 0.3 is 0 Å². The molecule has 3 aromatic carbocycles. The van der Waals surface area contributed by atoms with E-state index in [1.807, 2.05) is 6.07 Å². The number of benzene rings is 3. The summed E-state index contributed by atoms with van der Waals surface area (Å²) in [5.74, 6) is 0.771. The third kappa shape index (κ3) is 6.64. The zero-order valence-electron chi connectivity index (χ0n) is 18.1. The van der Waals surface area contributed by atoms with Gasteiger partial charge in [0, 0.05) is 23.3 Å². The van der Waals surface area contributed by atoms with Crippen LogP contribution in [0.25, 0.3) is 0 Å². The normalized spacial score (nSPS) is 10.7. The molecule has 7 nitrogen and oxygen atoms in total. The van der Waals surface area contributed by atoms with Crippen molar-refractivity contribution in [2.75, 3.05) is 7.11 Å². The van der Waals surface area contributed by atoms with Crippen molar-refractivity contribution in [2.24, 2.45) is 5.16 Å². The van der Waals surface area contributed by atoms with Crippen molar-refractivity contribution >= 4 is 11.9 Å². The standard InChI is InChI=1S/C25H23FN2O5/c1-3-5-21-12-20(15-27-33-17-19-6-4-7-23(13-19)28(29)30)14-24(31-2)25(21)32-16-18-8-10-22(26)11-9-18/h3-4,6-15H,1,5,16-17H2,2H3/b27-15-. The first-order valence-electron chi connectivity index (χ1n) is 10.1. The average Bonchev–Trinajstić information content (AvgIpc) is 2.82. The van der Waals surface area contributed by atoms with E-state index in [1.165, 1.54) is 37.6 Å². The lowest BCUT2D eigenvalue weighted by Crippen LogP contribution is -2.02. The van der Waals surface area contributed by atoms with Gasteiger partial charge in [-0.05, 0) is 41.8 Å². The van der Waals surface area contributed by atoms with E-state index in [0.717, 1.165) is 16.7 Å². The Kier molecular flexibility index (Phi) is 8.13. The van der Waals surface area contributed by atoms with Crippen LogP contribution in [0, 0.1) is 15.9 Å². The zero-order valence-corrected chi connectivity index (χ0v) is 18.1. The van der Waals surface area contributed by atoms with Crippen molar-refractivity contribution in [3.8, 4) is 11.5 Å². The van der Waals surface area contributed by atoms with Crippen LogP contribution in [0.2, 0.25) is 0 Å². The van der Waals surface area contributed by atoms with Gasteiger partial charge in [0.25, 0.3) is 5.69 Å². The molecule has 0 aliphatic carbocycles. The number of rotatable bonds is 11. The van der Waals surface area contributed by atoms with E-state index in [1.54, 1.807) is 36.4 Å². The molecule has 0 saturated carbocycles. The van der Waals surface area contributed by atoms with Crippen LogP contribution >= 0.6 is 0 Å². The average molecular weight is 450 g/mol. The van der Waals surface area contributed by atoms with E-state index in [2.05, 4.69) is 11.7 Å². The Hall–Kier alpha value is -4.20. The number of ether oxygens (including phenoxy) is 2. The number of hydrogen-bond acceptors (Lipinski definition) is 6. The van der Waals surface area contributed by atoms with Gasteiger partial charge < -0.3 is 14.3 Å². The van der Waals surface area contributed by atoms with Crippen LogP contribution in [-0.4, -0.2) is 18.2 Å². The second-order valence-electron chi connectivity index (χ2n) is 7.05. The maximum atomic E-state index is 13.1. The fourth-order valence-electron chi connectivity index (χ4n) is 3.09. The molecule has 0 aliphatic heterocycles. The van der Waals surface area contributed by atoms with Gasteiger partial charge in [-0.1, -0.05) is 35.5 Å². The summed E-state index contributed by atoms with van der Waals surface area (Å²) in [4.78, 5) is 15.7. The number of oxime groups is 1. The Morgan fingerprint density at radius 2 is 1.88 bits per heavy atom. The topological polar surface area (TPSA) is 83.2 Å². The number of hydrogen-bond donors (Lipinski definition) is 0. The van der Waals surface area contributed by atoms with Gasteiger partial charge in [-0.2, -0.15) is 0 Å². The third-order valence-electron chi connectivity index (χ3n) is 4.66. The molecule has 0 amide bonds. The van der Waals surface area contributed by atoms with E-state index in [0.29, 0.717) is 23.5 Å². The molecule has 0 atom stereocenters. The second-order valence-corrected chi connectivity index (χ2v) is 7.05. The summed E-state index contributed by atoms with van der Waals surface area (Å²) in [5, 5.41) is 14.8. The van der Waals surface area contributed by atoms with Gasteiger partial charge in [0.1, 0.15) is 19.0 Å². The highest BCUT2D eigenvalue weighted by Gasteiger charge is 2.13. The maximum absolute atomic E-state index is 13.1. The first-order valence-corrected chi connectivity index (χ1v) is 10.1. The molecule has 0 heterocycles. The summed E-state index contributed by atoms with van der Waals surface area (Å²) in [6, 6.07) is 15.9. The highest BCUT2D eigenvalue weighted by molar-refractivity contribution is 5.81. The van der Waals surface area contributed by atoms with E-state index >= 15 is 0 Å². The lowest BCUT2D eigenvalue weighted by Gasteiger charge is -2.16. The number of nitrogens with zero attached hydrogens (tertiary/aromatic N) is 2. The molecule has 3 aromatic rings. The smallest absolute Gasteiger partial charge is 0.269 e. The first-order chi connectivity index (χ1) is 16.0. The number of nitro benzene ring substituents is 1. The molecular weight excluding hydrogens is 427 g/mol. The van der Waals surface area contributed by atoms with Gasteiger partial charge in [0.2, 0.25) is 0 Å². The summed E-state index contributed by atoms with van der Waals surface area (Å²) in [7, 11) is 1.54. The molecular formula is C25H23FN2O5. The minimum absolute atomic E-state index is 0.00453. The van der Waals surface area contributed by atoms with Gasteiger partial charge in [-0.3, -0.25) is 10.1 Å². The second kappa shape index (κ2) is 11.4. The summed E-state index contributed by atoms with van der Waals surface area (Å²) in [6.45, 7) is 4.14. The molecule has 0 bridgehead atoms. The van der Waals surface area contributed by atoms with E-state index in [-0.39, 0.29) is 24.7 Å². The lowest BCUT2D eigenvalue weighted by molar-refractivity contribution is -0.384. The molecule has 170 valence electrons. The summed E-state index contributed by atoms with van der Waals surface area (Å²) in [5.41, 5.74) is 3.01. The van der Waals surface area contributed by atoms with Crippen LogP contribution in [0.5, 0.6) is 11.5 Å². The van der Waals surface area contributed by atoms with Gasteiger partial charge in [-0.25, -0.2) is 4.39 Å². The first kappa shape index (κ1) is 23.5. The molecule has 0 spiro atoms. The van der Waals surface area contributed by atoms with Gasteiger partial charge in [0.15, 0.2) is 11.5 Å². The minimum atomic E-state index is -0.458. The Morgan fingerprint density at radius 1 is 1.09 bits per heavy atom. The zero-order chi connectivity index (χ0) is 23.6. The molecule has 0 fully saturated rings. The number of allylic oxidation sites excluding steroid dienone is 1. The van der Waals surface area contributed by atoms with Crippen LogP contribution in [0.3, 0.4) is 0 Å². The summed E-state index contributed by atoms with van der Waals surface area (Å²) >= 11 is 0. The largest absolute Gasteiger partial charge is 0.493 e. The Morgan fingerprint density at radius 3 is 2.58 bits per heavy atom. The summed E-state index contributed by atoms with van der Waals surface area (Å²) < 4.78 is 24.6. The monoisotopic (exact) mass is 450 g/mol. The molecule has 0 aromatic heterocycles. The number of methoxy groups -OCH3 is 1. The molecule has 0 unspecified atom stereocenters. The van der Waals surface area contributed by atoms with Crippen LogP contribution in [0.1, 0.15) is 22.3 Å². The highest BCUT2D eigenvalue weighted by Crippen LogP contribution is 2.34. The number of nitro groups is 1. The van der Waals surface area contributed by atoms with Crippen molar-refractivity contribution in [3.05, 3.63) is 112 Å². The van der Waals surface area contributed by atoms with Crippen molar-refractivity contribution in [2.45, 2.75) is 19.6 Å². The summed E-state index contributed by atoms with van der Waals surface area (Å²) in [6.07, 6.45) is 3.81. The predicted octanol–water partition coefficient (Wildman–Crippen LogP) is 5.60. The molecule has 33 heavy (non-hydrogen) atoms. The van der Waals surface area contributed by atoms with Crippen LogP contribution in [0.4, 0.5) is 10.1 Å². The van der Waals surface area contributed by atoms with Crippen LogP contribution < -0.4 is 9.47 Å². The van der Waals surface area contributed by atoms with Crippen LogP contribution in [-0.2, 0) is 24.5 Å². The molecule has 0 N–H and O–H groups in total. The van der Waals surface area contributed by atoms with Crippen molar-refractivity contribution in [1.82, 2.24) is 0 Å². The molecule has 0 saturated heterocycles. The SMILES string of the molecule is C=CCc1cc(/C=N\OCc2cccc([N+](=O)[O-])c2)cc(OC)c1OCc1ccc(F)cc1. The molecule has 3 rings (SSSR count). The Bertz CT molecular complexity index is 1150. The molecule has 8 heteroatoms. The maximum Gasteiger partial charge on any atom is 0.269 e. The van der Waals surface area contributed by atoms with E-state index in [4.69, 9.17) is 14.3 Å². The van der Waals surface area contributed by atoms with Crippen molar-refractivity contribution in [3.63, 3.8) is 0 Å². The quantitative estimate of drug-likeness (QED) is 0.164. The Labute approximate surface area is 190 Å². The van der Waals surface area contributed by atoms with Gasteiger partial charge in [-0.15, -0.1) is 6.58 Å². The van der Waals surface area contributed by atoms with Gasteiger partial charge in [0.05, 0.1) is 18.2 Å². The van der Waals surface area contributed by atoms with Crippen molar-refractivity contribution < 1.29 is 23.6 Å². The number of non-ortho nitro benzene ring substituents is 1. The molecule has 0 radical (unpaired) electrons. The predicted molar refractivity (Wildman–Crippen MR) is 123 cm³/mol. The lowest BCUT2D eigenvalue weighted by atomic mass is 10.1. The molecule has 0 aliphatic rings. The third-order valence-corrected chi connectivity index (χ3v) is 4.66.